The molecule has 1 saturated carbocycles. The molecule has 0 aromatic heterocycles. The molecule has 5 heteroatoms. The van der Waals surface area contributed by atoms with Crippen LogP contribution in [0.5, 0.6) is 5.75 Å². The van der Waals surface area contributed by atoms with Gasteiger partial charge in [0.2, 0.25) is 0 Å². The Morgan fingerprint density at radius 2 is 1.66 bits per heavy atom. The van der Waals surface area contributed by atoms with Crippen LogP contribution in [0.15, 0.2) is 54.6 Å². The number of aromatic hydroxyl groups is 1. The molecule has 0 radical (unpaired) electrons. The minimum Gasteiger partial charge on any atom is -0.508 e. The zero-order valence-electron chi connectivity index (χ0n) is 20.8. The van der Waals surface area contributed by atoms with Gasteiger partial charge in [-0.1, -0.05) is 61.7 Å². The van der Waals surface area contributed by atoms with E-state index in [-0.39, 0.29) is 5.91 Å². The van der Waals surface area contributed by atoms with Crippen molar-refractivity contribution in [3.63, 3.8) is 0 Å². The second kappa shape index (κ2) is 11.1. The van der Waals surface area contributed by atoms with Crippen LogP contribution in [0.4, 0.5) is 0 Å². The number of amides is 1. The standard InChI is InChI=1S/C30H40N2O3/c33-28-13-7-12-24(20-28)25-18-26-14-15-27(19-25)32(26)17-16-31(21-22-8-3-1-4-9-22)30(35)29(34)23-10-5-2-6-11-23/h2,5-7,10-13,20,22,25-27,29,33-34H,1,3-4,8-9,14-19,21H2/t25?,26-,27+,29-/m0/s1. The molecule has 2 aromatic carbocycles. The summed E-state index contributed by atoms with van der Waals surface area (Å²) in [7, 11) is 0. The maximum absolute atomic E-state index is 13.5. The van der Waals surface area contributed by atoms with Crippen molar-refractivity contribution in [3.8, 4) is 5.75 Å². The lowest BCUT2D eigenvalue weighted by Crippen LogP contribution is -2.48. The van der Waals surface area contributed by atoms with Gasteiger partial charge in [0.1, 0.15) is 5.75 Å². The SMILES string of the molecule is O=C([C@@H](O)c1ccccc1)N(CCN1[C@@H]2CC[C@H]1CC(c1cccc(O)c1)C2)CC1CCCCC1. The quantitative estimate of drug-likeness (QED) is 0.547. The Morgan fingerprint density at radius 3 is 2.34 bits per heavy atom. The summed E-state index contributed by atoms with van der Waals surface area (Å²) in [5.74, 6) is 1.24. The van der Waals surface area contributed by atoms with Crippen molar-refractivity contribution >= 4 is 5.91 Å². The van der Waals surface area contributed by atoms with Gasteiger partial charge < -0.3 is 15.1 Å². The zero-order chi connectivity index (χ0) is 24.2. The normalized spacial score (nSPS) is 25.9. The summed E-state index contributed by atoms with van der Waals surface area (Å²) in [5, 5.41) is 20.8. The Hall–Kier alpha value is -2.37. The first-order valence-electron chi connectivity index (χ1n) is 13.6. The molecule has 5 nitrogen and oxygen atoms in total. The van der Waals surface area contributed by atoms with Crippen LogP contribution in [0, 0.1) is 5.92 Å². The molecule has 188 valence electrons. The van der Waals surface area contributed by atoms with Crippen LogP contribution in [-0.4, -0.2) is 57.6 Å². The number of carbonyl (C=O) groups excluding carboxylic acids is 1. The molecular weight excluding hydrogens is 436 g/mol. The van der Waals surface area contributed by atoms with E-state index in [4.69, 9.17) is 0 Å². The van der Waals surface area contributed by atoms with Gasteiger partial charge in [0, 0.05) is 31.7 Å². The van der Waals surface area contributed by atoms with E-state index in [0.29, 0.717) is 41.8 Å². The van der Waals surface area contributed by atoms with Gasteiger partial charge in [-0.3, -0.25) is 9.69 Å². The zero-order valence-corrected chi connectivity index (χ0v) is 20.8. The number of aliphatic hydroxyl groups is 1. The topological polar surface area (TPSA) is 64.0 Å². The summed E-state index contributed by atoms with van der Waals surface area (Å²) < 4.78 is 0. The number of rotatable bonds is 8. The number of benzene rings is 2. The fourth-order valence-electron chi connectivity index (χ4n) is 6.85. The van der Waals surface area contributed by atoms with Crippen LogP contribution in [0.1, 0.15) is 80.9 Å². The van der Waals surface area contributed by atoms with Crippen LogP contribution in [0.3, 0.4) is 0 Å². The van der Waals surface area contributed by atoms with E-state index in [1.807, 2.05) is 47.4 Å². The maximum Gasteiger partial charge on any atom is 0.256 e. The van der Waals surface area contributed by atoms with Crippen LogP contribution in [-0.2, 0) is 4.79 Å². The van der Waals surface area contributed by atoms with Crippen molar-refractivity contribution in [2.45, 2.75) is 81.9 Å². The van der Waals surface area contributed by atoms with Crippen LogP contribution < -0.4 is 0 Å². The fourth-order valence-corrected chi connectivity index (χ4v) is 6.85. The van der Waals surface area contributed by atoms with Gasteiger partial charge in [-0.25, -0.2) is 0 Å². The van der Waals surface area contributed by atoms with E-state index in [2.05, 4.69) is 11.0 Å². The average molecular weight is 477 g/mol. The number of piperidine rings is 1. The number of phenols is 1. The molecule has 2 aromatic rings. The molecule has 3 aliphatic rings. The minimum absolute atomic E-state index is 0.149. The Kier molecular flexibility index (Phi) is 7.74. The van der Waals surface area contributed by atoms with Crippen LogP contribution in [0.25, 0.3) is 0 Å². The maximum atomic E-state index is 13.5. The molecule has 2 bridgehead atoms. The predicted octanol–water partition coefficient (Wildman–Crippen LogP) is 5.25. The third-order valence-corrected chi connectivity index (χ3v) is 8.72. The smallest absolute Gasteiger partial charge is 0.256 e. The largest absolute Gasteiger partial charge is 0.508 e. The highest BCUT2D eigenvalue weighted by molar-refractivity contribution is 5.82. The highest BCUT2D eigenvalue weighted by Crippen LogP contribution is 2.43. The lowest BCUT2D eigenvalue weighted by molar-refractivity contribution is -0.141. The summed E-state index contributed by atoms with van der Waals surface area (Å²) in [6.45, 7) is 2.32. The van der Waals surface area contributed by atoms with Crippen molar-refractivity contribution in [1.29, 1.82) is 0 Å². The summed E-state index contributed by atoms with van der Waals surface area (Å²) in [6, 6.07) is 18.2. The predicted molar refractivity (Wildman–Crippen MR) is 138 cm³/mol. The summed E-state index contributed by atoms with van der Waals surface area (Å²) in [4.78, 5) is 18.1. The van der Waals surface area contributed by atoms with Crippen molar-refractivity contribution < 1.29 is 15.0 Å². The molecule has 2 aliphatic heterocycles. The van der Waals surface area contributed by atoms with E-state index in [0.717, 1.165) is 25.9 Å². The number of hydrogen-bond acceptors (Lipinski definition) is 4. The van der Waals surface area contributed by atoms with Gasteiger partial charge in [0.25, 0.3) is 5.91 Å². The van der Waals surface area contributed by atoms with Crippen molar-refractivity contribution in [2.24, 2.45) is 5.92 Å². The molecule has 2 N–H and O–H groups in total. The Balaban J connectivity index is 1.25. The molecule has 0 spiro atoms. The van der Waals surface area contributed by atoms with Gasteiger partial charge in [0.15, 0.2) is 6.10 Å². The first-order chi connectivity index (χ1) is 17.1. The number of nitrogens with zero attached hydrogens (tertiary/aromatic N) is 2. The minimum atomic E-state index is -1.09. The molecule has 2 heterocycles. The van der Waals surface area contributed by atoms with Gasteiger partial charge in [0.05, 0.1) is 0 Å². The van der Waals surface area contributed by atoms with Crippen molar-refractivity contribution in [1.82, 2.24) is 9.80 Å². The number of aliphatic hydroxyl groups excluding tert-OH is 1. The van der Waals surface area contributed by atoms with Crippen molar-refractivity contribution in [2.75, 3.05) is 19.6 Å². The molecule has 4 atom stereocenters. The second-order valence-electron chi connectivity index (χ2n) is 11.0. The molecule has 2 saturated heterocycles. The lowest BCUT2D eigenvalue weighted by atomic mass is 9.85. The molecular formula is C30H40N2O3. The monoisotopic (exact) mass is 476 g/mol. The summed E-state index contributed by atoms with van der Waals surface area (Å²) in [5.41, 5.74) is 1.93. The number of hydrogen-bond donors (Lipinski definition) is 2. The Bertz CT molecular complexity index is 961. The molecule has 1 amide bonds. The summed E-state index contributed by atoms with van der Waals surface area (Å²) in [6.07, 6.45) is 9.74. The molecule has 1 aliphatic carbocycles. The molecule has 1 unspecified atom stereocenters. The van der Waals surface area contributed by atoms with Gasteiger partial charge >= 0.3 is 0 Å². The van der Waals surface area contributed by atoms with Crippen LogP contribution >= 0.6 is 0 Å². The van der Waals surface area contributed by atoms with E-state index >= 15 is 0 Å². The number of phenolic OH excluding ortho intramolecular Hbond substituents is 1. The van der Waals surface area contributed by atoms with E-state index in [1.54, 1.807) is 6.07 Å². The third kappa shape index (κ3) is 5.73. The first-order valence-corrected chi connectivity index (χ1v) is 13.6. The number of carbonyl (C=O) groups is 1. The average Bonchev–Trinajstić information content (AvgIpc) is 3.13. The molecule has 35 heavy (non-hydrogen) atoms. The van der Waals surface area contributed by atoms with Gasteiger partial charge in [-0.05, 0) is 73.6 Å². The van der Waals surface area contributed by atoms with Crippen molar-refractivity contribution in [3.05, 3.63) is 65.7 Å². The molecule has 3 fully saturated rings. The van der Waals surface area contributed by atoms with Gasteiger partial charge in [-0.2, -0.15) is 0 Å². The molecule has 5 rings (SSSR count). The van der Waals surface area contributed by atoms with Crippen LogP contribution in [0.2, 0.25) is 0 Å². The van der Waals surface area contributed by atoms with E-state index in [1.165, 1.54) is 50.5 Å². The third-order valence-electron chi connectivity index (χ3n) is 8.72. The van der Waals surface area contributed by atoms with E-state index < -0.39 is 6.10 Å². The highest BCUT2D eigenvalue weighted by atomic mass is 16.3. The Labute approximate surface area is 209 Å². The van der Waals surface area contributed by atoms with E-state index in [9.17, 15) is 15.0 Å². The second-order valence-corrected chi connectivity index (χ2v) is 11.0. The Morgan fingerprint density at radius 1 is 0.943 bits per heavy atom. The van der Waals surface area contributed by atoms with Gasteiger partial charge in [-0.15, -0.1) is 0 Å². The summed E-state index contributed by atoms with van der Waals surface area (Å²) >= 11 is 0. The first kappa shape index (κ1) is 24.3. The highest BCUT2D eigenvalue weighted by Gasteiger charge is 2.41. The number of fused-ring (bicyclic) bond motifs is 2. The fraction of sp³-hybridized carbons (Fsp3) is 0.567. The lowest BCUT2D eigenvalue weighted by Gasteiger charge is -2.41.